The minimum absolute atomic E-state index is 0.0575. The van der Waals surface area contributed by atoms with E-state index in [4.69, 9.17) is 0 Å². The van der Waals surface area contributed by atoms with Crippen molar-refractivity contribution >= 4 is 32.0 Å². The van der Waals surface area contributed by atoms with E-state index >= 15 is 0 Å². The minimum Gasteiger partial charge on any atom is -0.530 e. The Labute approximate surface area is 144 Å². The predicted molar refractivity (Wildman–Crippen MR) is 79.5 cm³/mol. The van der Waals surface area contributed by atoms with Crippen molar-refractivity contribution < 1.29 is 31.5 Å². The average molecular weight is 430 g/mol. The van der Waals surface area contributed by atoms with E-state index in [1.807, 2.05) is 0 Å². The number of piperidine rings is 1. The molecule has 0 radical (unpaired) electrons. The standard InChI is InChI=1S/C13H14BrF3N2O4S/c14-8-1-2-11(10(7-8)13(15,16)17)24(22,23)18-9-3-5-19(6-4-9)12(20)21/h1-2,7,9,18H,3-6H2,(H,20,21)/p-1. The fourth-order valence-electron chi connectivity index (χ4n) is 2.42. The maximum Gasteiger partial charge on any atom is 0.417 e. The van der Waals surface area contributed by atoms with Crippen LogP contribution in [0.5, 0.6) is 0 Å². The maximum absolute atomic E-state index is 13.1. The van der Waals surface area contributed by atoms with Gasteiger partial charge >= 0.3 is 6.18 Å². The fraction of sp³-hybridized carbons (Fsp3) is 0.462. The van der Waals surface area contributed by atoms with E-state index in [1.165, 1.54) is 6.07 Å². The molecule has 0 saturated carbocycles. The monoisotopic (exact) mass is 429 g/mol. The van der Waals surface area contributed by atoms with Crippen LogP contribution in [0.15, 0.2) is 27.6 Å². The quantitative estimate of drug-likeness (QED) is 0.789. The molecule has 0 unspecified atom stereocenters. The average Bonchev–Trinajstić information content (AvgIpc) is 2.46. The van der Waals surface area contributed by atoms with Gasteiger partial charge in [0.25, 0.3) is 0 Å². The second-order valence-corrected chi connectivity index (χ2v) is 7.88. The Balaban J connectivity index is 2.22. The summed E-state index contributed by atoms with van der Waals surface area (Å²) in [7, 11) is -4.40. The van der Waals surface area contributed by atoms with Crippen LogP contribution in [-0.2, 0) is 16.2 Å². The van der Waals surface area contributed by atoms with Crippen molar-refractivity contribution in [1.29, 1.82) is 0 Å². The van der Waals surface area contributed by atoms with Crippen molar-refractivity contribution in [1.82, 2.24) is 9.62 Å². The Hall–Kier alpha value is -1.33. The highest BCUT2D eigenvalue weighted by atomic mass is 79.9. The highest BCUT2D eigenvalue weighted by molar-refractivity contribution is 9.10. The second-order valence-electron chi connectivity index (χ2n) is 5.29. The number of likely N-dealkylation sites (tertiary alicyclic amines) is 1. The van der Waals surface area contributed by atoms with Crippen LogP contribution < -0.4 is 9.83 Å². The molecule has 2 rings (SSSR count). The molecule has 0 bridgehead atoms. The number of nitrogens with one attached hydrogen (secondary N) is 1. The normalized spacial score (nSPS) is 17.1. The number of carboxylic acid groups (broad SMARTS) is 1. The molecule has 134 valence electrons. The van der Waals surface area contributed by atoms with Gasteiger partial charge in [0.1, 0.15) is 6.09 Å². The Morgan fingerprint density at radius 2 is 1.88 bits per heavy atom. The van der Waals surface area contributed by atoms with Crippen LogP contribution in [0.4, 0.5) is 18.0 Å². The van der Waals surface area contributed by atoms with Crippen molar-refractivity contribution in [2.45, 2.75) is 30.0 Å². The number of sulfonamides is 1. The molecule has 24 heavy (non-hydrogen) atoms. The Bertz CT molecular complexity index is 731. The van der Waals surface area contributed by atoms with Crippen molar-refractivity contribution in [3.8, 4) is 0 Å². The van der Waals surface area contributed by atoms with Gasteiger partial charge in [-0.15, -0.1) is 0 Å². The number of amides is 1. The van der Waals surface area contributed by atoms with Gasteiger partial charge in [-0.2, -0.15) is 13.2 Å². The van der Waals surface area contributed by atoms with Gasteiger partial charge in [0.2, 0.25) is 10.0 Å². The van der Waals surface area contributed by atoms with Crippen LogP contribution in [0, 0.1) is 0 Å². The molecule has 1 amide bonds. The number of alkyl halides is 3. The third-order valence-electron chi connectivity index (χ3n) is 3.61. The molecule has 1 N–H and O–H groups in total. The lowest BCUT2D eigenvalue weighted by Crippen LogP contribution is -2.50. The smallest absolute Gasteiger partial charge is 0.417 e. The molecule has 1 heterocycles. The molecule has 1 saturated heterocycles. The lowest BCUT2D eigenvalue weighted by molar-refractivity contribution is -0.266. The van der Waals surface area contributed by atoms with Gasteiger partial charge in [-0.05, 0) is 31.0 Å². The lowest BCUT2D eigenvalue weighted by Gasteiger charge is -2.33. The molecule has 1 aliphatic rings. The highest BCUT2D eigenvalue weighted by Crippen LogP contribution is 2.36. The molecule has 6 nitrogen and oxygen atoms in total. The summed E-state index contributed by atoms with van der Waals surface area (Å²) in [6.45, 7) is 0.115. The summed E-state index contributed by atoms with van der Waals surface area (Å²) in [5.41, 5.74) is -1.27. The first-order valence-corrected chi connectivity index (χ1v) is 9.13. The van der Waals surface area contributed by atoms with Gasteiger partial charge < -0.3 is 14.8 Å². The predicted octanol–water partition coefficient (Wildman–Crippen LogP) is 1.55. The molecule has 11 heteroatoms. The van der Waals surface area contributed by atoms with Crippen molar-refractivity contribution in [2.75, 3.05) is 13.1 Å². The molecule has 1 aromatic rings. The van der Waals surface area contributed by atoms with E-state index < -0.39 is 38.8 Å². The summed E-state index contributed by atoms with van der Waals surface area (Å²) in [6.07, 6.45) is -5.87. The largest absolute Gasteiger partial charge is 0.530 e. The number of benzene rings is 1. The molecule has 1 aromatic carbocycles. The zero-order chi connectivity index (χ0) is 18.1. The minimum atomic E-state index is -4.83. The summed E-state index contributed by atoms with van der Waals surface area (Å²) in [6, 6.07) is 2.15. The van der Waals surface area contributed by atoms with Crippen LogP contribution in [0.1, 0.15) is 18.4 Å². The Morgan fingerprint density at radius 3 is 2.38 bits per heavy atom. The fourth-order valence-corrected chi connectivity index (χ4v) is 4.29. The third kappa shape index (κ3) is 4.39. The third-order valence-corrected chi connectivity index (χ3v) is 5.68. The zero-order valence-corrected chi connectivity index (χ0v) is 14.5. The molecule has 1 fully saturated rings. The van der Waals surface area contributed by atoms with Gasteiger partial charge in [-0.25, -0.2) is 13.1 Å². The van der Waals surface area contributed by atoms with Crippen LogP contribution in [0.25, 0.3) is 0 Å². The van der Waals surface area contributed by atoms with Crippen LogP contribution >= 0.6 is 15.9 Å². The maximum atomic E-state index is 13.1. The number of carbonyl (C=O) groups is 1. The summed E-state index contributed by atoms with van der Waals surface area (Å²) in [5, 5.41) is 10.7. The molecule has 0 spiro atoms. The Kier molecular flexibility index (Phi) is 5.45. The van der Waals surface area contributed by atoms with Gasteiger partial charge in [0.15, 0.2) is 0 Å². The van der Waals surface area contributed by atoms with E-state index in [-0.39, 0.29) is 30.4 Å². The van der Waals surface area contributed by atoms with Gasteiger partial charge in [0.05, 0.1) is 10.5 Å². The summed E-state index contributed by atoms with van der Waals surface area (Å²) < 4.78 is 66.2. The van der Waals surface area contributed by atoms with Crippen LogP contribution in [0.2, 0.25) is 0 Å². The van der Waals surface area contributed by atoms with Gasteiger partial charge in [0, 0.05) is 23.6 Å². The number of carbonyl (C=O) groups excluding carboxylic acids is 1. The number of hydrogen-bond acceptors (Lipinski definition) is 4. The summed E-state index contributed by atoms with van der Waals surface area (Å²) in [4.78, 5) is 10.9. The molecule has 0 aliphatic carbocycles. The molecular formula is C13H13BrF3N2O4S-. The Morgan fingerprint density at radius 1 is 1.29 bits per heavy atom. The summed E-state index contributed by atoms with van der Waals surface area (Å²) >= 11 is 2.89. The van der Waals surface area contributed by atoms with E-state index in [0.717, 1.165) is 11.0 Å². The van der Waals surface area contributed by atoms with Crippen molar-refractivity contribution in [3.63, 3.8) is 0 Å². The van der Waals surface area contributed by atoms with Crippen molar-refractivity contribution in [2.24, 2.45) is 0 Å². The van der Waals surface area contributed by atoms with Crippen molar-refractivity contribution in [3.05, 3.63) is 28.2 Å². The first-order chi connectivity index (χ1) is 11.0. The van der Waals surface area contributed by atoms with E-state index in [1.54, 1.807) is 0 Å². The van der Waals surface area contributed by atoms with E-state index in [9.17, 15) is 31.5 Å². The van der Waals surface area contributed by atoms with Crippen LogP contribution in [0.3, 0.4) is 0 Å². The van der Waals surface area contributed by atoms with Gasteiger partial charge in [-0.1, -0.05) is 15.9 Å². The molecule has 0 atom stereocenters. The topological polar surface area (TPSA) is 89.5 Å². The SMILES string of the molecule is O=C([O-])N1CCC(NS(=O)(=O)c2ccc(Br)cc2C(F)(F)F)CC1. The molecule has 0 aromatic heterocycles. The van der Waals surface area contributed by atoms with E-state index in [0.29, 0.717) is 6.07 Å². The number of rotatable bonds is 3. The van der Waals surface area contributed by atoms with Crippen LogP contribution in [-0.4, -0.2) is 38.5 Å². The number of hydrogen-bond donors (Lipinski definition) is 1. The second kappa shape index (κ2) is 6.89. The lowest BCUT2D eigenvalue weighted by atomic mass is 10.1. The first kappa shape index (κ1) is 19.0. The van der Waals surface area contributed by atoms with Gasteiger partial charge in [-0.3, -0.25) is 0 Å². The molecular weight excluding hydrogens is 417 g/mol. The number of nitrogens with zero attached hydrogens (tertiary/aromatic N) is 1. The number of halogens is 4. The molecule has 1 aliphatic heterocycles. The van der Waals surface area contributed by atoms with E-state index in [2.05, 4.69) is 20.7 Å². The summed E-state index contributed by atoms with van der Waals surface area (Å²) in [5.74, 6) is 0. The zero-order valence-electron chi connectivity index (χ0n) is 12.1. The first-order valence-electron chi connectivity index (χ1n) is 6.86. The highest BCUT2D eigenvalue weighted by Gasteiger charge is 2.38.